The number of para-hydroxylation sites is 1. The first-order valence-corrected chi connectivity index (χ1v) is 7.83. The molecule has 6 nitrogen and oxygen atoms in total. The lowest BCUT2D eigenvalue weighted by Crippen LogP contribution is -2.33. The maximum absolute atomic E-state index is 5.95. The van der Waals surface area contributed by atoms with Crippen LogP contribution in [0.25, 0.3) is 5.69 Å². The predicted octanol–water partition coefficient (Wildman–Crippen LogP) is 1.91. The van der Waals surface area contributed by atoms with Crippen molar-refractivity contribution in [3.05, 3.63) is 78.6 Å². The maximum Gasteiger partial charge on any atom is 0.188 e. The SMILES string of the molecule is NC(=NCc1ccccc1-n1ccnc1)NCCc1ccccn1. The number of rotatable bonds is 6. The Morgan fingerprint density at radius 2 is 2.00 bits per heavy atom. The molecule has 0 fully saturated rings. The van der Waals surface area contributed by atoms with Crippen molar-refractivity contribution in [1.82, 2.24) is 19.9 Å². The van der Waals surface area contributed by atoms with Crippen molar-refractivity contribution in [2.75, 3.05) is 6.54 Å². The molecular formula is C18H20N6. The molecule has 1 aromatic carbocycles. The molecular weight excluding hydrogens is 300 g/mol. The van der Waals surface area contributed by atoms with Crippen molar-refractivity contribution in [2.45, 2.75) is 13.0 Å². The highest BCUT2D eigenvalue weighted by Crippen LogP contribution is 2.14. The Hall–Kier alpha value is -3.15. The maximum atomic E-state index is 5.95. The zero-order valence-electron chi connectivity index (χ0n) is 13.3. The van der Waals surface area contributed by atoms with Crippen LogP contribution in [0.4, 0.5) is 0 Å². The van der Waals surface area contributed by atoms with Gasteiger partial charge in [-0.1, -0.05) is 24.3 Å². The summed E-state index contributed by atoms with van der Waals surface area (Å²) in [6.45, 7) is 1.21. The third-order valence-corrected chi connectivity index (χ3v) is 3.61. The van der Waals surface area contributed by atoms with Gasteiger partial charge in [0.2, 0.25) is 0 Å². The first-order chi connectivity index (χ1) is 11.8. The second kappa shape index (κ2) is 7.92. The summed E-state index contributed by atoms with van der Waals surface area (Å²) in [5, 5.41) is 3.12. The molecule has 0 saturated carbocycles. The van der Waals surface area contributed by atoms with Gasteiger partial charge in [0, 0.05) is 37.3 Å². The second-order valence-electron chi connectivity index (χ2n) is 5.30. The van der Waals surface area contributed by atoms with Gasteiger partial charge < -0.3 is 15.6 Å². The van der Waals surface area contributed by atoms with E-state index in [1.807, 2.05) is 53.2 Å². The highest BCUT2D eigenvalue weighted by molar-refractivity contribution is 5.77. The molecule has 2 aromatic heterocycles. The van der Waals surface area contributed by atoms with Gasteiger partial charge in [0.15, 0.2) is 5.96 Å². The van der Waals surface area contributed by atoms with Crippen molar-refractivity contribution >= 4 is 5.96 Å². The van der Waals surface area contributed by atoms with Crippen LogP contribution in [0.3, 0.4) is 0 Å². The Bertz CT molecular complexity index is 780. The van der Waals surface area contributed by atoms with E-state index in [9.17, 15) is 0 Å². The number of imidazole rings is 1. The van der Waals surface area contributed by atoms with Crippen LogP contribution in [0.5, 0.6) is 0 Å². The zero-order chi connectivity index (χ0) is 16.6. The summed E-state index contributed by atoms with van der Waals surface area (Å²) in [5.41, 5.74) is 9.13. The summed E-state index contributed by atoms with van der Waals surface area (Å²) in [6, 6.07) is 14.0. The average Bonchev–Trinajstić information content (AvgIpc) is 3.16. The van der Waals surface area contributed by atoms with E-state index in [0.717, 1.165) is 23.4 Å². The van der Waals surface area contributed by atoms with Gasteiger partial charge in [0.25, 0.3) is 0 Å². The van der Waals surface area contributed by atoms with Crippen LogP contribution >= 0.6 is 0 Å². The van der Waals surface area contributed by atoms with E-state index in [1.54, 1.807) is 18.7 Å². The lowest BCUT2D eigenvalue weighted by molar-refractivity contribution is 0.827. The minimum atomic E-state index is 0.436. The van der Waals surface area contributed by atoms with Gasteiger partial charge >= 0.3 is 0 Å². The molecule has 3 N–H and O–H groups in total. The quantitative estimate of drug-likeness (QED) is 0.537. The third kappa shape index (κ3) is 4.19. The standard InChI is InChI=1S/C18H20N6/c19-18(22-10-8-16-6-3-4-9-21-16)23-13-15-5-1-2-7-17(15)24-12-11-20-14-24/h1-7,9,11-12,14H,8,10,13H2,(H3,19,22,23). The number of pyridine rings is 1. The number of benzene rings is 1. The molecule has 122 valence electrons. The Labute approximate surface area is 141 Å². The minimum absolute atomic E-state index is 0.436. The van der Waals surface area contributed by atoms with Crippen molar-refractivity contribution in [2.24, 2.45) is 10.7 Å². The number of hydrogen-bond donors (Lipinski definition) is 2. The molecule has 0 spiro atoms. The molecule has 0 radical (unpaired) electrons. The van der Waals surface area contributed by atoms with Crippen LogP contribution in [-0.2, 0) is 13.0 Å². The number of nitrogens with one attached hydrogen (secondary N) is 1. The molecule has 3 aromatic rings. The summed E-state index contributed by atoms with van der Waals surface area (Å²) >= 11 is 0. The van der Waals surface area contributed by atoms with Crippen LogP contribution < -0.4 is 11.1 Å². The topological polar surface area (TPSA) is 81.1 Å². The van der Waals surface area contributed by atoms with Gasteiger partial charge in [-0.25, -0.2) is 9.98 Å². The Kier molecular flexibility index (Phi) is 5.19. The lowest BCUT2D eigenvalue weighted by atomic mass is 10.2. The molecule has 3 rings (SSSR count). The van der Waals surface area contributed by atoms with Crippen molar-refractivity contribution in [1.29, 1.82) is 0 Å². The van der Waals surface area contributed by atoms with Crippen LogP contribution in [-0.4, -0.2) is 27.0 Å². The number of nitrogens with zero attached hydrogens (tertiary/aromatic N) is 4. The van der Waals surface area contributed by atoms with E-state index in [-0.39, 0.29) is 0 Å². The minimum Gasteiger partial charge on any atom is -0.370 e. The Morgan fingerprint density at radius 3 is 2.79 bits per heavy atom. The van der Waals surface area contributed by atoms with Gasteiger partial charge in [-0.3, -0.25) is 4.98 Å². The molecule has 0 atom stereocenters. The number of aromatic nitrogens is 3. The zero-order valence-corrected chi connectivity index (χ0v) is 13.3. The number of nitrogens with two attached hydrogens (primary N) is 1. The lowest BCUT2D eigenvalue weighted by Gasteiger charge is -2.09. The summed E-state index contributed by atoms with van der Waals surface area (Å²) in [6.07, 6.45) is 8.05. The molecule has 0 aliphatic carbocycles. The third-order valence-electron chi connectivity index (χ3n) is 3.61. The van der Waals surface area contributed by atoms with Gasteiger partial charge in [-0.05, 0) is 23.8 Å². The number of hydrogen-bond acceptors (Lipinski definition) is 3. The molecule has 2 heterocycles. The van der Waals surface area contributed by atoms with E-state index < -0.39 is 0 Å². The van der Waals surface area contributed by atoms with Crippen LogP contribution in [0.1, 0.15) is 11.3 Å². The van der Waals surface area contributed by atoms with Crippen LogP contribution in [0.2, 0.25) is 0 Å². The smallest absolute Gasteiger partial charge is 0.188 e. The summed E-state index contributed by atoms with van der Waals surface area (Å²) in [7, 11) is 0. The monoisotopic (exact) mass is 320 g/mol. The average molecular weight is 320 g/mol. The van der Waals surface area contributed by atoms with E-state index >= 15 is 0 Å². The fourth-order valence-electron chi connectivity index (χ4n) is 2.39. The first-order valence-electron chi connectivity index (χ1n) is 7.83. The molecule has 0 saturated heterocycles. The fraction of sp³-hybridized carbons (Fsp3) is 0.167. The van der Waals surface area contributed by atoms with Crippen molar-refractivity contribution in [3.8, 4) is 5.69 Å². The van der Waals surface area contributed by atoms with E-state index in [2.05, 4.69) is 20.3 Å². The largest absolute Gasteiger partial charge is 0.370 e. The van der Waals surface area contributed by atoms with Crippen LogP contribution in [0.15, 0.2) is 72.4 Å². The van der Waals surface area contributed by atoms with E-state index in [0.29, 0.717) is 19.0 Å². The molecule has 24 heavy (non-hydrogen) atoms. The van der Waals surface area contributed by atoms with Crippen molar-refractivity contribution < 1.29 is 0 Å². The summed E-state index contributed by atoms with van der Waals surface area (Å²) in [5.74, 6) is 0.436. The molecule has 0 bridgehead atoms. The normalized spacial score (nSPS) is 11.4. The second-order valence-corrected chi connectivity index (χ2v) is 5.30. The summed E-state index contributed by atoms with van der Waals surface area (Å²) in [4.78, 5) is 12.8. The fourth-order valence-corrected chi connectivity index (χ4v) is 2.39. The van der Waals surface area contributed by atoms with Gasteiger partial charge in [-0.2, -0.15) is 0 Å². The Morgan fingerprint density at radius 1 is 1.12 bits per heavy atom. The van der Waals surface area contributed by atoms with Gasteiger partial charge in [-0.15, -0.1) is 0 Å². The van der Waals surface area contributed by atoms with Gasteiger partial charge in [0.1, 0.15) is 0 Å². The predicted molar refractivity (Wildman–Crippen MR) is 94.8 cm³/mol. The van der Waals surface area contributed by atoms with E-state index in [1.165, 1.54) is 0 Å². The molecule has 0 unspecified atom stereocenters. The molecule has 0 aliphatic heterocycles. The first kappa shape index (κ1) is 15.7. The Balaban J connectivity index is 1.57. The van der Waals surface area contributed by atoms with Crippen molar-refractivity contribution in [3.63, 3.8) is 0 Å². The highest BCUT2D eigenvalue weighted by Gasteiger charge is 2.03. The molecule has 0 amide bonds. The summed E-state index contributed by atoms with van der Waals surface area (Å²) < 4.78 is 1.97. The van der Waals surface area contributed by atoms with Gasteiger partial charge in [0.05, 0.1) is 18.6 Å². The number of guanidine groups is 1. The molecule has 6 heteroatoms. The van der Waals surface area contributed by atoms with Crippen LogP contribution in [0, 0.1) is 0 Å². The molecule has 0 aliphatic rings. The van der Waals surface area contributed by atoms with E-state index in [4.69, 9.17) is 5.73 Å². The number of aliphatic imine (C=N–C) groups is 1. The highest BCUT2D eigenvalue weighted by atomic mass is 15.1.